The van der Waals surface area contributed by atoms with Gasteiger partial charge in [0, 0.05) is 13.6 Å². The molecule has 0 saturated carbocycles. The topological polar surface area (TPSA) is 70.7 Å². The zero-order valence-electron chi connectivity index (χ0n) is 11.5. The van der Waals surface area contributed by atoms with E-state index in [0.29, 0.717) is 18.9 Å². The van der Waals surface area contributed by atoms with E-state index in [4.69, 9.17) is 4.74 Å². The number of hydrogen-bond donors (Lipinski definition) is 2. The number of rotatable bonds is 6. The van der Waals surface area contributed by atoms with Crippen LogP contribution in [0.15, 0.2) is 24.3 Å². The Kier molecular flexibility index (Phi) is 6.45. The first-order valence-corrected chi connectivity index (χ1v) is 6.09. The predicted octanol–water partition coefficient (Wildman–Crippen LogP) is 0.592. The summed E-state index contributed by atoms with van der Waals surface area (Å²) in [4.78, 5) is 24.0. The SMILES string of the molecule is CNC(=O)NC(=O)CN(C)CCOc1ccc(F)cc1. The highest BCUT2D eigenvalue weighted by Crippen LogP contribution is 2.10. The summed E-state index contributed by atoms with van der Waals surface area (Å²) in [6.45, 7) is 0.939. The van der Waals surface area contributed by atoms with Crippen molar-refractivity contribution in [3.63, 3.8) is 0 Å². The third kappa shape index (κ3) is 6.14. The normalized spacial score (nSPS) is 10.2. The number of amides is 3. The van der Waals surface area contributed by atoms with Gasteiger partial charge in [0.1, 0.15) is 18.2 Å². The second-order valence-corrected chi connectivity index (χ2v) is 4.17. The Morgan fingerprint density at radius 2 is 1.95 bits per heavy atom. The average molecular weight is 283 g/mol. The van der Waals surface area contributed by atoms with E-state index in [-0.39, 0.29) is 12.4 Å². The molecule has 3 amide bonds. The molecule has 0 saturated heterocycles. The van der Waals surface area contributed by atoms with E-state index in [0.717, 1.165) is 0 Å². The van der Waals surface area contributed by atoms with Crippen molar-refractivity contribution in [2.75, 3.05) is 33.8 Å². The Labute approximate surface area is 116 Å². The van der Waals surface area contributed by atoms with Crippen LogP contribution >= 0.6 is 0 Å². The van der Waals surface area contributed by atoms with Gasteiger partial charge in [-0.2, -0.15) is 0 Å². The van der Waals surface area contributed by atoms with Crippen molar-refractivity contribution in [2.24, 2.45) is 0 Å². The number of imide groups is 1. The molecule has 0 radical (unpaired) electrons. The zero-order chi connectivity index (χ0) is 15.0. The summed E-state index contributed by atoms with van der Waals surface area (Å²) < 4.78 is 18.1. The van der Waals surface area contributed by atoms with Gasteiger partial charge in [0.15, 0.2) is 0 Å². The van der Waals surface area contributed by atoms with Gasteiger partial charge < -0.3 is 10.1 Å². The number of benzene rings is 1. The third-order valence-electron chi connectivity index (χ3n) is 2.45. The molecule has 0 aliphatic heterocycles. The van der Waals surface area contributed by atoms with Crippen LogP contribution in [0.4, 0.5) is 9.18 Å². The number of hydrogen-bond acceptors (Lipinski definition) is 4. The highest BCUT2D eigenvalue weighted by atomic mass is 19.1. The van der Waals surface area contributed by atoms with Crippen molar-refractivity contribution in [1.82, 2.24) is 15.5 Å². The summed E-state index contributed by atoms with van der Waals surface area (Å²) in [5, 5.41) is 4.46. The molecule has 0 spiro atoms. The van der Waals surface area contributed by atoms with Gasteiger partial charge in [-0.25, -0.2) is 9.18 Å². The van der Waals surface area contributed by atoms with Gasteiger partial charge in [0.25, 0.3) is 0 Å². The number of nitrogens with one attached hydrogen (secondary N) is 2. The van der Waals surface area contributed by atoms with Gasteiger partial charge in [-0.1, -0.05) is 0 Å². The van der Waals surface area contributed by atoms with Gasteiger partial charge in [-0.05, 0) is 31.3 Å². The van der Waals surface area contributed by atoms with Crippen molar-refractivity contribution < 1.29 is 18.7 Å². The minimum atomic E-state index is -0.536. The first-order chi connectivity index (χ1) is 9.51. The largest absolute Gasteiger partial charge is 0.492 e. The van der Waals surface area contributed by atoms with Gasteiger partial charge in [-0.15, -0.1) is 0 Å². The number of likely N-dealkylation sites (N-methyl/N-ethyl adjacent to an activating group) is 1. The van der Waals surface area contributed by atoms with Crippen molar-refractivity contribution >= 4 is 11.9 Å². The lowest BCUT2D eigenvalue weighted by atomic mass is 10.3. The van der Waals surface area contributed by atoms with E-state index in [1.54, 1.807) is 11.9 Å². The number of urea groups is 1. The molecule has 7 heteroatoms. The Hall–Kier alpha value is -2.15. The maximum absolute atomic E-state index is 12.7. The van der Waals surface area contributed by atoms with Gasteiger partial charge in [-0.3, -0.25) is 15.0 Å². The van der Waals surface area contributed by atoms with Crippen molar-refractivity contribution in [3.8, 4) is 5.75 Å². The van der Waals surface area contributed by atoms with Crippen molar-refractivity contribution in [1.29, 1.82) is 0 Å². The smallest absolute Gasteiger partial charge is 0.321 e. The summed E-state index contributed by atoms with van der Waals surface area (Å²) in [7, 11) is 3.17. The number of ether oxygens (including phenoxy) is 1. The lowest BCUT2D eigenvalue weighted by Gasteiger charge is -2.16. The molecule has 0 fully saturated rings. The first kappa shape index (κ1) is 15.9. The van der Waals surface area contributed by atoms with E-state index in [9.17, 15) is 14.0 Å². The minimum absolute atomic E-state index is 0.0835. The van der Waals surface area contributed by atoms with E-state index in [2.05, 4.69) is 10.6 Å². The van der Waals surface area contributed by atoms with Crippen LogP contribution in [-0.2, 0) is 4.79 Å². The van der Waals surface area contributed by atoms with Gasteiger partial charge in [0.2, 0.25) is 5.91 Å². The fourth-order valence-electron chi connectivity index (χ4n) is 1.40. The molecule has 20 heavy (non-hydrogen) atoms. The van der Waals surface area contributed by atoms with Crippen LogP contribution in [0.2, 0.25) is 0 Å². The molecule has 0 aliphatic carbocycles. The quantitative estimate of drug-likeness (QED) is 0.801. The predicted molar refractivity (Wildman–Crippen MR) is 72.0 cm³/mol. The third-order valence-corrected chi connectivity index (χ3v) is 2.45. The van der Waals surface area contributed by atoms with Gasteiger partial charge in [0.05, 0.1) is 6.54 Å². The Morgan fingerprint density at radius 3 is 2.55 bits per heavy atom. The zero-order valence-corrected chi connectivity index (χ0v) is 11.5. The molecule has 0 aromatic heterocycles. The first-order valence-electron chi connectivity index (χ1n) is 6.09. The van der Waals surface area contributed by atoms with Crippen molar-refractivity contribution in [3.05, 3.63) is 30.1 Å². The van der Waals surface area contributed by atoms with Crippen LogP contribution < -0.4 is 15.4 Å². The lowest BCUT2D eigenvalue weighted by Crippen LogP contribution is -2.43. The maximum atomic E-state index is 12.7. The number of nitrogens with zero attached hydrogens (tertiary/aromatic N) is 1. The number of halogens is 1. The molecular weight excluding hydrogens is 265 g/mol. The molecule has 0 bridgehead atoms. The molecule has 110 valence electrons. The summed E-state index contributed by atoms with van der Waals surface area (Å²) >= 11 is 0. The highest BCUT2D eigenvalue weighted by molar-refractivity contribution is 5.95. The fraction of sp³-hybridized carbons (Fsp3) is 0.385. The summed E-state index contributed by atoms with van der Waals surface area (Å²) in [6.07, 6.45) is 0. The molecular formula is C13H18FN3O3. The highest BCUT2D eigenvalue weighted by Gasteiger charge is 2.09. The van der Waals surface area contributed by atoms with Crippen LogP contribution in [0.25, 0.3) is 0 Å². The standard InChI is InChI=1S/C13H18FN3O3/c1-15-13(19)16-12(18)9-17(2)7-8-20-11-5-3-10(14)4-6-11/h3-6H,7-9H2,1-2H3,(H2,15,16,18,19). The van der Waals surface area contributed by atoms with Gasteiger partial charge >= 0.3 is 6.03 Å². The van der Waals surface area contributed by atoms with Crippen LogP contribution in [-0.4, -0.2) is 50.6 Å². The minimum Gasteiger partial charge on any atom is -0.492 e. The fourth-order valence-corrected chi connectivity index (χ4v) is 1.40. The van der Waals surface area contributed by atoms with Crippen LogP contribution in [0.1, 0.15) is 0 Å². The molecule has 1 aromatic carbocycles. The van der Waals surface area contributed by atoms with Crippen molar-refractivity contribution in [2.45, 2.75) is 0 Å². The van der Waals surface area contributed by atoms with Crippen LogP contribution in [0, 0.1) is 5.82 Å². The lowest BCUT2D eigenvalue weighted by molar-refractivity contribution is -0.120. The second-order valence-electron chi connectivity index (χ2n) is 4.17. The molecule has 1 rings (SSSR count). The second kappa shape index (κ2) is 8.11. The molecule has 2 N–H and O–H groups in total. The summed E-state index contributed by atoms with van der Waals surface area (Å²) in [5.41, 5.74) is 0. The van der Waals surface area contributed by atoms with E-state index >= 15 is 0 Å². The molecule has 0 heterocycles. The Morgan fingerprint density at radius 1 is 1.30 bits per heavy atom. The number of carbonyl (C=O) groups excluding carboxylic acids is 2. The Bertz CT molecular complexity index is 451. The molecule has 0 aliphatic rings. The summed E-state index contributed by atoms with van der Waals surface area (Å²) in [6, 6.07) is 5.17. The Balaban J connectivity index is 2.22. The van der Waals surface area contributed by atoms with E-state index in [1.807, 2.05) is 0 Å². The van der Waals surface area contributed by atoms with E-state index in [1.165, 1.54) is 31.3 Å². The number of carbonyl (C=O) groups is 2. The molecule has 6 nitrogen and oxygen atoms in total. The maximum Gasteiger partial charge on any atom is 0.321 e. The van der Waals surface area contributed by atoms with E-state index < -0.39 is 11.9 Å². The monoisotopic (exact) mass is 283 g/mol. The molecule has 0 atom stereocenters. The molecule has 1 aromatic rings. The molecule has 0 unspecified atom stereocenters. The average Bonchev–Trinajstić information content (AvgIpc) is 2.40. The summed E-state index contributed by atoms with van der Waals surface area (Å²) in [5.74, 6) is -0.149. The van der Waals surface area contributed by atoms with Crippen LogP contribution in [0.3, 0.4) is 0 Å². The van der Waals surface area contributed by atoms with Crippen LogP contribution in [0.5, 0.6) is 5.75 Å².